The highest BCUT2D eigenvalue weighted by molar-refractivity contribution is 6.30. The molecular formula is C11H12ClFN2O2. The molecule has 1 aromatic rings. The van der Waals surface area contributed by atoms with Crippen LogP contribution in [0.15, 0.2) is 18.2 Å². The Kier molecular flexibility index (Phi) is 3.33. The molecule has 1 atom stereocenters. The molecule has 1 aliphatic rings. The van der Waals surface area contributed by atoms with Crippen molar-refractivity contribution < 1.29 is 13.9 Å². The molecular weight excluding hydrogens is 247 g/mol. The van der Waals surface area contributed by atoms with Gasteiger partial charge in [-0.15, -0.1) is 0 Å². The third kappa shape index (κ3) is 2.57. The number of anilines is 1. The number of rotatable bonds is 2. The Morgan fingerprint density at radius 2 is 2.35 bits per heavy atom. The molecule has 0 spiro atoms. The van der Waals surface area contributed by atoms with E-state index in [-0.39, 0.29) is 17.5 Å². The molecule has 0 aliphatic carbocycles. The Hall–Kier alpha value is -1.17. The van der Waals surface area contributed by atoms with E-state index in [4.69, 9.17) is 22.1 Å². The van der Waals surface area contributed by atoms with Gasteiger partial charge in [0, 0.05) is 12.3 Å². The van der Waals surface area contributed by atoms with Crippen LogP contribution < -0.4 is 11.1 Å². The topological polar surface area (TPSA) is 64.4 Å². The number of nitrogens with two attached hydrogens (primary N) is 1. The van der Waals surface area contributed by atoms with Crippen LogP contribution in [-0.4, -0.2) is 24.7 Å². The normalized spacial score (nSPS) is 23.7. The number of benzene rings is 1. The van der Waals surface area contributed by atoms with Crippen molar-refractivity contribution in [2.75, 3.05) is 18.5 Å². The molecule has 3 N–H and O–H groups in total. The maximum atomic E-state index is 13.2. The van der Waals surface area contributed by atoms with Gasteiger partial charge in [0.15, 0.2) is 0 Å². The van der Waals surface area contributed by atoms with Gasteiger partial charge in [-0.1, -0.05) is 11.6 Å². The van der Waals surface area contributed by atoms with Gasteiger partial charge in [0.2, 0.25) is 5.91 Å². The zero-order valence-electron chi connectivity index (χ0n) is 9.00. The molecule has 17 heavy (non-hydrogen) atoms. The third-order valence-electron chi connectivity index (χ3n) is 2.68. The van der Waals surface area contributed by atoms with Crippen molar-refractivity contribution in [3.63, 3.8) is 0 Å². The molecule has 1 amide bonds. The average molecular weight is 259 g/mol. The first kappa shape index (κ1) is 12.3. The summed E-state index contributed by atoms with van der Waals surface area (Å²) < 4.78 is 18.2. The molecule has 2 rings (SSSR count). The van der Waals surface area contributed by atoms with Crippen LogP contribution in [-0.2, 0) is 9.53 Å². The van der Waals surface area contributed by atoms with Crippen molar-refractivity contribution in [1.29, 1.82) is 0 Å². The van der Waals surface area contributed by atoms with E-state index in [1.165, 1.54) is 12.1 Å². The van der Waals surface area contributed by atoms with Crippen LogP contribution in [0.2, 0.25) is 5.02 Å². The summed E-state index contributed by atoms with van der Waals surface area (Å²) in [5, 5.41) is 2.56. The van der Waals surface area contributed by atoms with E-state index < -0.39 is 11.4 Å². The number of hydrogen-bond acceptors (Lipinski definition) is 3. The van der Waals surface area contributed by atoms with Crippen molar-refractivity contribution in [2.24, 2.45) is 5.73 Å². The molecule has 1 aliphatic heterocycles. The largest absolute Gasteiger partial charge is 0.379 e. The molecule has 1 fully saturated rings. The molecule has 0 aromatic heterocycles. The van der Waals surface area contributed by atoms with Crippen LogP contribution in [0.1, 0.15) is 6.42 Å². The van der Waals surface area contributed by atoms with E-state index in [0.717, 1.165) is 6.07 Å². The van der Waals surface area contributed by atoms with Crippen molar-refractivity contribution in [1.82, 2.24) is 0 Å². The first-order valence-corrected chi connectivity index (χ1v) is 5.52. The summed E-state index contributed by atoms with van der Waals surface area (Å²) in [5.74, 6) is -0.963. The number of halogens is 2. The Balaban J connectivity index is 2.10. The smallest absolute Gasteiger partial charge is 0.246 e. The highest BCUT2D eigenvalue weighted by Gasteiger charge is 2.38. The van der Waals surface area contributed by atoms with Gasteiger partial charge in [0.05, 0.1) is 11.6 Å². The quantitative estimate of drug-likeness (QED) is 0.846. The molecule has 6 heteroatoms. The molecule has 1 heterocycles. The van der Waals surface area contributed by atoms with Crippen LogP contribution in [0.4, 0.5) is 10.1 Å². The zero-order valence-corrected chi connectivity index (χ0v) is 9.76. The first-order valence-electron chi connectivity index (χ1n) is 5.14. The molecule has 92 valence electrons. The van der Waals surface area contributed by atoms with Gasteiger partial charge in [0.25, 0.3) is 0 Å². The summed E-state index contributed by atoms with van der Waals surface area (Å²) in [6.45, 7) is 0.633. The summed E-state index contributed by atoms with van der Waals surface area (Å²) >= 11 is 5.54. The van der Waals surface area contributed by atoms with Crippen LogP contribution in [0.25, 0.3) is 0 Å². The molecule has 1 unspecified atom stereocenters. The van der Waals surface area contributed by atoms with Gasteiger partial charge < -0.3 is 15.8 Å². The van der Waals surface area contributed by atoms with E-state index in [1.54, 1.807) is 0 Å². The molecule has 1 aromatic carbocycles. The molecule has 0 bridgehead atoms. The lowest BCUT2D eigenvalue weighted by atomic mass is 9.99. The fraction of sp³-hybridized carbons (Fsp3) is 0.364. The molecule has 4 nitrogen and oxygen atoms in total. The Morgan fingerprint density at radius 3 is 2.94 bits per heavy atom. The van der Waals surface area contributed by atoms with E-state index >= 15 is 0 Å². The zero-order chi connectivity index (χ0) is 12.5. The highest BCUT2D eigenvalue weighted by atomic mass is 35.5. The predicted molar refractivity (Wildman–Crippen MR) is 62.4 cm³/mol. The van der Waals surface area contributed by atoms with Gasteiger partial charge >= 0.3 is 0 Å². The maximum Gasteiger partial charge on any atom is 0.246 e. The average Bonchev–Trinajstić information content (AvgIpc) is 2.72. The van der Waals surface area contributed by atoms with Crippen molar-refractivity contribution in [3.8, 4) is 0 Å². The van der Waals surface area contributed by atoms with Crippen LogP contribution in [0.3, 0.4) is 0 Å². The summed E-state index contributed by atoms with van der Waals surface area (Å²) in [7, 11) is 0. The van der Waals surface area contributed by atoms with E-state index in [0.29, 0.717) is 18.7 Å². The monoisotopic (exact) mass is 258 g/mol. The Morgan fingerprint density at radius 1 is 1.59 bits per heavy atom. The minimum absolute atomic E-state index is 0.00894. The minimum atomic E-state index is -1.03. The summed E-state index contributed by atoms with van der Waals surface area (Å²) in [5.41, 5.74) is 5.16. The van der Waals surface area contributed by atoms with Crippen LogP contribution in [0, 0.1) is 5.82 Å². The highest BCUT2D eigenvalue weighted by Crippen LogP contribution is 2.21. The Bertz CT molecular complexity index is 447. The predicted octanol–water partition coefficient (Wildman–Crippen LogP) is 1.54. The van der Waals surface area contributed by atoms with Crippen molar-refractivity contribution in [2.45, 2.75) is 12.0 Å². The van der Waals surface area contributed by atoms with E-state index in [9.17, 15) is 9.18 Å². The van der Waals surface area contributed by atoms with E-state index in [1.807, 2.05) is 0 Å². The summed E-state index contributed by atoms with van der Waals surface area (Å²) in [4.78, 5) is 11.9. The molecule has 0 saturated carbocycles. The number of hydrogen-bond donors (Lipinski definition) is 2. The van der Waals surface area contributed by atoms with Gasteiger partial charge in [0.1, 0.15) is 11.4 Å². The van der Waals surface area contributed by atoms with Gasteiger partial charge in [-0.05, 0) is 24.6 Å². The summed E-state index contributed by atoms with van der Waals surface area (Å²) in [6.07, 6.45) is 0.453. The lowest BCUT2D eigenvalue weighted by Crippen LogP contribution is -2.51. The number of carbonyl (C=O) groups excluding carboxylic acids is 1. The number of nitrogens with one attached hydrogen (secondary N) is 1. The number of ether oxygens (including phenoxy) is 1. The fourth-order valence-corrected chi connectivity index (χ4v) is 1.71. The fourth-order valence-electron chi connectivity index (χ4n) is 1.59. The second-order valence-corrected chi connectivity index (χ2v) is 4.45. The Labute approximate surface area is 103 Å². The third-order valence-corrected chi connectivity index (χ3v) is 2.99. The summed E-state index contributed by atoms with van der Waals surface area (Å²) in [6, 6.07) is 4.04. The van der Waals surface area contributed by atoms with Gasteiger partial charge in [-0.2, -0.15) is 0 Å². The van der Waals surface area contributed by atoms with Crippen LogP contribution in [0.5, 0.6) is 0 Å². The van der Waals surface area contributed by atoms with E-state index in [2.05, 4.69) is 5.32 Å². The molecule has 1 saturated heterocycles. The standard InChI is InChI=1S/C11H12ClFN2O2/c12-8-2-1-7(5-9(8)13)15-10(16)11(14)3-4-17-6-11/h1-2,5H,3-4,6,14H2,(H,15,16). The second-order valence-electron chi connectivity index (χ2n) is 4.04. The van der Waals surface area contributed by atoms with Crippen molar-refractivity contribution in [3.05, 3.63) is 29.0 Å². The number of carbonyl (C=O) groups is 1. The number of amides is 1. The SMILES string of the molecule is NC1(C(=O)Nc2ccc(Cl)c(F)c2)CCOC1. The van der Waals surface area contributed by atoms with Crippen LogP contribution >= 0.6 is 11.6 Å². The van der Waals surface area contributed by atoms with Gasteiger partial charge in [-0.3, -0.25) is 4.79 Å². The van der Waals surface area contributed by atoms with Crippen molar-refractivity contribution >= 4 is 23.2 Å². The lowest BCUT2D eigenvalue weighted by Gasteiger charge is -2.20. The second kappa shape index (κ2) is 4.60. The maximum absolute atomic E-state index is 13.2. The van der Waals surface area contributed by atoms with Gasteiger partial charge in [-0.25, -0.2) is 4.39 Å². The lowest BCUT2D eigenvalue weighted by molar-refractivity contribution is -0.121. The minimum Gasteiger partial charge on any atom is -0.379 e. The first-order chi connectivity index (χ1) is 8.01. The molecule has 0 radical (unpaired) electrons.